The molecule has 1 heterocycles. The molecule has 3 heteroatoms. The Bertz CT molecular complexity index is 335. The fourth-order valence-electron chi connectivity index (χ4n) is 0.957. The summed E-state index contributed by atoms with van der Waals surface area (Å²) in [4.78, 5) is 12.3. The highest BCUT2D eigenvalue weighted by Crippen LogP contribution is 2.24. The van der Waals surface area contributed by atoms with E-state index in [4.69, 9.17) is 6.42 Å². The predicted octanol–water partition coefficient (Wildman–Crippen LogP) is 3.50. The van der Waals surface area contributed by atoms with Crippen molar-refractivity contribution in [2.75, 3.05) is 0 Å². The maximum absolute atomic E-state index is 11.5. The van der Waals surface area contributed by atoms with Gasteiger partial charge in [-0.05, 0) is 33.8 Å². The third-order valence-corrected chi connectivity index (χ3v) is 3.47. The van der Waals surface area contributed by atoms with E-state index < -0.39 is 0 Å². The molecule has 13 heavy (non-hydrogen) atoms. The van der Waals surface area contributed by atoms with Crippen molar-refractivity contribution in [3.63, 3.8) is 0 Å². The Balaban J connectivity index is 2.50. The lowest BCUT2D eigenvalue weighted by Crippen LogP contribution is -1.95. The Kier molecular flexibility index (Phi) is 4.20. The minimum Gasteiger partial charge on any atom is -0.293 e. The van der Waals surface area contributed by atoms with Gasteiger partial charge in [-0.1, -0.05) is 0 Å². The van der Waals surface area contributed by atoms with Crippen molar-refractivity contribution < 1.29 is 4.79 Å². The summed E-state index contributed by atoms with van der Waals surface area (Å²) in [6.07, 6.45) is 7.09. The topological polar surface area (TPSA) is 17.1 Å². The summed E-state index contributed by atoms with van der Waals surface area (Å²) in [5.74, 6) is 2.70. The van der Waals surface area contributed by atoms with Gasteiger partial charge in [-0.15, -0.1) is 23.7 Å². The number of hydrogen-bond acceptors (Lipinski definition) is 2. The first-order valence-corrected chi connectivity index (χ1v) is 5.62. The molecule has 0 atom stereocenters. The van der Waals surface area contributed by atoms with E-state index in [1.807, 2.05) is 11.4 Å². The van der Waals surface area contributed by atoms with Crippen LogP contribution in [0.25, 0.3) is 0 Å². The second-order valence-electron chi connectivity index (χ2n) is 2.58. The summed E-state index contributed by atoms with van der Waals surface area (Å²) in [7, 11) is 0. The van der Waals surface area contributed by atoms with Crippen LogP contribution < -0.4 is 0 Å². The van der Waals surface area contributed by atoms with Crippen LogP contribution in [0.2, 0.25) is 0 Å². The number of carbonyl (C=O) groups excluding carboxylic acids is 1. The van der Waals surface area contributed by atoms with Gasteiger partial charge in [0.05, 0.1) is 4.88 Å². The van der Waals surface area contributed by atoms with E-state index in [0.29, 0.717) is 12.8 Å². The van der Waals surface area contributed by atoms with E-state index in [0.717, 1.165) is 15.8 Å². The average Bonchev–Trinajstić information content (AvgIpc) is 2.52. The number of Topliss-reactive ketones (excluding diaryl/α,β-unsaturated/α-hetero) is 1. The molecule has 0 bridgehead atoms. The van der Waals surface area contributed by atoms with Crippen LogP contribution in [0, 0.1) is 12.3 Å². The van der Waals surface area contributed by atoms with Gasteiger partial charge in [-0.25, -0.2) is 0 Å². The summed E-state index contributed by atoms with van der Waals surface area (Å²) in [6, 6.07) is 1.89. The highest BCUT2D eigenvalue weighted by atomic mass is 79.9. The van der Waals surface area contributed by atoms with Crippen LogP contribution in [0.4, 0.5) is 0 Å². The lowest BCUT2D eigenvalue weighted by Gasteiger charge is -1.95. The highest BCUT2D eigenvalue weighted by molar-refractivity contribution is 9.10. The molecule has 1 aromatic heterocycles. The molecule has 0 amide bonds. The minimum absolute atomic E-state index is 0.178. The van der Waals surface area contributed by atoms with Gasteiger partial charge in [-0.2, -0.15) is 0 Å². The first-order chi connectivity index (χ1) is 6.25. The number of rotatable bonds is 4. The Hall–Kier alpha value is -0.590. The largest absolute Gasteiger partial charge is 0.293 e. The summed E-state index contributed by atoms with van der Waals surface area (Å²) in [6.45, 7) is 0. The quantitative estimate of drug-likeness (QED) is 0.458. The van der Waals surface area contributed by atoms with Crippen molar-refractivity contribution in [2.45, 2.75) is 19.3 Å². The molecule has 0 aromatic carbocycles. The number of halogens is 1. The molecule has 0 saturated heterocycles. The third-order valence-electron chi connectivity index (χ3n) is 1.60. The van der Waals surface area contributed by atoms with Crippen LogP contribution in [0.15, 0.2) is 15.9 Å². The highest BCUT2D eigenvalue weighted by Gasteiger charge is 2.10. The van der Waals surface area contributed by atoms with Crippen molar-refractivity contribution in [1.29, 1.82) is 0 Å². The average molecular weight is 257 g/mol. The normalized spacial score (nSPS) is 9.54. The van der Waals surface area contributed by atoms with Gasteiger partial charge in [0.1, 0.15) is 0 Å². The fourth-order valence-corrected chi connectivity index (χ4v) is 2.52. The number of ketones is 1. The molecule has 1 aromatic rings. The summed E-state index contributed by atoms with van der Waals surface area (Å²) >= 11 is 4.79. The monoisotopic (exact) mass is 256 g/mol. The van der Waals surface area contributed by atoms with Gasteiger partial charge >= 0.3 is 0 Å². The van der Waals surface area contributed by atoms with Crippen LogP contribution in [-0.2, 0) is 0 Å². The molecule has 1 rings (SSSR count). The van der Waals surface area contributed by atoms with Crippen LogP contribution in [-0.4, -0.2) is 5.78 Å². The molecule has 68 valence electrons. The fraction of sp³-hybridized carbons (Fsp3) is 0.300. The van der Waals surface area contributed by atoms with Crippen molar-refractivity contribution in [2.24, 2.45) is 0 Å². The van der Waals surface area contributed by atoms with E-state index >= 15 is 0 Å². The van der Waals surface area contributed by atoms with Gasteiger partial charge in [0.15, 0.2) is 5.78 Å². The lowest BCUT2D eigenvalue weighted by molar-refractivity contribution is 0.0984. The molecule has 0 N–H and O–H groups in total. The standard InChI is InChI=1S/C10H9BrOS/c1-2-3-4-5-9(12)10-8(11)6-7-13-10/h1,6-7H,3-5H2. The molecule has 0 radical (unpaired) electrons. The summed E-state index contributed by atoms with van der Waals surface area (Å²) in [5, 5.41) is 1.90. The maximum Gasteiger partial charge on any atom is 0.173 e. The van der Waals surface area contributed by atoms with E-state index in [-0.39, 0.29) is 5.78 Å². The van der Waals surface area contributed by atoms with Gasteiger partial charge in [-0.3, -0.25) is 4.79 Å². The zero-order valence-electron chi connectivity index (χ0n) is 7.05. The van der Waals surface area contributed by atoms with Crippen LogP contribution in [0.1, 0.15) is 28.9 Å². The second kappa shape index (κ2) is 5.21. The summed E-state index contributed by atoms with van der Waals surface area (Å²) in [5.41, 5.74) is 0. The number of carbonyl (C=O) groups is 1. The predicted molar refractivity (Wildman–Crippen MR) is 59.0 cm³/mol. The molecule has 0 aliphatic carbocycles. The second-order valence-corrected chi connectivity index (χ2v) is 4.35. The smallest absolute Gasteiger partial charge is 0.173 e. The molecule has 0 unspecified atom stereocenters. The zero-order chi connectivity index (χ0) is 9.68. The molecule has 1 nitrogen and oxygen atoms in total. The van der Waals surface area contributed by atoms with Gasteiger partial charge in [0.25, 0.3) is 0 Å². The van der Waals surface area contributed by atoms with Crippen molar-refractivity contribution in [3.05, 3.63) is 20.8 Å². The van der Waals surface area contributed by atoms with Gasteiger partial charge in [0, 0.05) is 17.3 Å². The first kappa shape index (κ1) is 10.5. The minimum atomic E-state index is 0.178. The zero-order valence-corrected chi connectivity index (χ0v) is 9.45. The van der Waals surface area contributed by atoms with Crippen LogP contribution in [0.3, 0.4) is 0 Å². The van der Waals surface area contributed by atoms with Gasteiger partial charge in [0.2, 0.25) is 0 Å². The van der Waals surface area contributed by atoms with Crippen molar-refractivity contribution in [3.8, 4) is 12.3 Å². The van der Waals surface area contributed by atoms with Gasteiger partial charge < -0.3 is 0 Å². The Labute approximate surface area is 90.3 Å². The number of terminal acetylenes is 1. The van der Waals surface area contributed by atoms with Crippen LogP contribution in [0.5, 0.6) is 0 Å². The van der Waals surface area contributed by atoms with Crippen molar-refractivity contribution in [1.82, 2.24) is 0 Å². The SMILES string of the molecule is C#CCCCC(=O)c1sccc1Br. The van der Waals surface area contributed by atoms with Crippen molar-refractivity contribution >= 4 is 33.0 Å². The molecule has 0 saturated carbocycles. The summed E-state index contributed by atoms with van der Waals surface area (Å²) < 4.78 is 0.892. The van der Waals surface area contributed by atoms with E-state index in [9.17, 15) is 4.79 Å². The third kappa shape index (κ3) is 2.98. The molecule has 0 spiro atoms. The molecular formula is C10H9BrOS. The first-order valence-electron chi connectivity index (χ1n) is 3.95. The Morgan fingerprint density at radius 2 is 2.46 bits per heavy atom. The Morgan fingerprint density at radius 3 is 3.00 bits per heavy atom. The number of hydrogen-bond donors (Lipinski definition) is 0. The molecule has 0 fully saturated rings. The van der Waals surface area contributed by atoms with E-state index in [2.05, 4.69) is 21.9 Å². The van der Waals surface area contributed by atoms with Crippen LogP contribution >= 0.6 is 27.3 Å². The number of unbranched alkanes of at least 4 members (excludes halogenated alkanes) is 1. The molecule has 0 aliphatic heterocycles. The van der Waals surface area contributed by atoms with E-state index in [1.54, 1.807) is 0 Å². The molecular weight excluding hydrogens is 248 g/mol. The Morgan fingerprint density at radius 1 is 1.69 bits per heavy atom. The lowest BCUT2D eigenvalue weighted by atomic mass is 10.1. The van der Waals surface area contributed by atoms with E-state index in [1.165, 1.54) is 11.3 Å². The molecule has 0 aliphatic rings. The number of thiophene rings is 1. The maximum atomic E-state index is 11.5.